The Morgan fingerprint density at radius 2 is 1.92 bits per heavy atom. The molecule has 130 valence electrons. The maximum absolute atomic E-state index is 12.3. The van der Waals surface area contributed by atoms with Crippen molar-refractivity contribution in [3.05, 3.63) is 71.1 Å². The lowest BCUT2D eigenvalue weighted by atomic mass is 10.1. The number of nitriles is 1. The average Bonchev–Trinajstić information content (AvgIpc) is 3.20. The zero-order valence-electron chi connectivity index (χ0n) is 14.8. The van der Waals surface area contributed by atoms with Crippen LogP contribution in [-0.4, -0.2) is 25.3 Å². The molecule has 0 spiro atoms. The Balaban J connectivity index is 1.96. The Bertz CT molecular complexity index is 1020. The number of nitrogens with zero attached hydrogens (tertiary/aromatic N) is 5. The third-order valence-corrected chi connectivity index (χ3v) is 4.04. The summed E-state index contributed by atoms with van der Waals surface area (Å²) in [5.74, 6) is -0.521. The van der Waals surface area contributed by atoms with Crippen LogP contribution in [0.3, 0.4) is 0 Å². The second-order valence-electron chi connectivity index (χ2n) is 5.98. The SMILES string of the molecule is Cc1cccc(-n2c(C)cc(/C=C(\C#N)C(=O)Nn3cnnc3)c2C)c1. The predicted molar refractivity (Wildman–Crippen MR) is 98.0 cm³/mol. The van der Waals surface area contributed by atoms with Crippen LogP contribution in [0.5, 0.6) is 0 Å². The van der Waals surface area contributed by atoms with E-state index in [0.29, 0.717) is 0 Å². The summed E-state index contributed by atoms with van der Waals surface area (Å²) in [6.07, 6.45) is 4.28. The fourth-order valence-corrected chi connectivity index (χ4v) is 2.84. The van der Waals surface area contributed by atoms with Gasteiger partial charge in [0.25, 0.3) is 5.91 Å². The van der Waals surface area contributed by atoms with Gasteiger partial charge in [-0.15, -0.1) is 10.2 Å². The minimum Gasteiger partial charge on any atom is -0.318 e. The predicted octanol–water partition coefficient (Wildman–Crippen LogP) is 2.67. The van der Waals surface area contributed by atoms with E-state index in [1.54, 1.807) is 6.08 Å². The van der Waals surface area contributed by atoms with Crippen LogP contribution in [0, 0.1) is 32.1 Å². The van der Waals surface area contributed by atoms with E-state index in [9.17, 15) is 10.1 Å². The molecule has 7 nitrogen and oxygen atoms in total. The maximum atomic E-state index is 12.3. The van der Waals surface area contributed by atoms with Crippen molar-refractivity contribution in [1.29, 1.82) is 5.26 Å². The van der Waals surface area contributed by atoms with Crippen LogP contribution in [0.1, 0.15) is 22.5 Å². The summed E-state index contributed by atoms with van der Waals surface area (Å²) >= 11 is 0. The van der Waals surface area contributed by atoms with Crippen molar-refractivity contribution in [2.75, 3.05) is 5.43 Å². The molecule has 3 aromatic rings. The first-order chi connectivity index (χ1) is 12.5. The number of aryl methyl sites for hydroxylation is 2. The molecule has 1 aromatic carbocycles. The molecule has 1 amide bonds. The lowest BCUT2D eigenvalue weighted by Crippen LogP contribution is -2.22. The van der Waals surface area contributed by atoms with E-state index in [2.05, 4.69) is 26.3 Å². The van der Waals surface area contributed by atoms with Crippen molar-refractivity contribution in [1.82, 2.24) is 19.4 Å². The number of rotatable bonds is 4. The van der Waals surface area contributed by atoms with Crippen molar-refractivity contribution in [3.8, 4) is 11.8 Å². The summed E-state index contributed by atoms with van der Waals surface area (Å²) in [7, 11) is 0. The summed E-state index contributed by atoms with van der Waals surface area (Å²) < 4.78 is 3.40. The molecule has 1 N–H and O–H groups in total. The molecule has 0 unspecified atom stereocenters. The van der Waals surface area contributed by atoms with Gasteiger partial charge in [0, 0.05) is 17.1 Å². The number of amides is 1. The highest BCUT2D eigenvalue weighted by Gasteiger charge is 2.14. The standard InChI is InChI=1S/C19H18N6O/c1-13-5-4-6-18(7-13)25-14(2)8-16(15(25)3)9-17(10-20)19(26)23-24-11-21-22-12-24/h4-9,11-12H,1-3H3,(H,23,26)/b17-9+. The summed E-state index contributed by atoms with van der Waals surface area (Å²) in [5, 5.41) is 16.6. The molecule has 0 saturated carbocycles. The number of hydrogen-bond acceptors (Lipinski definition) is 4. The number of benzene rings is 1. The molecule has 0 atom stereocenters. The van der Waals surface area contributed by atoms with Gasteiger partial charge in [-0.1, -0.05) is 12.1 Å². The number of carbonyl (C=O) groups is 1. The molecule has 3 rings (SSSR count). The molecular weight excluding hydrogens is 328 g/mol. The molecule has 0 fully saturated rings. The summed E-state index contributed by atoms with van der Waals surface area (Å²) in [5.41, 5.74) is 7.54. The fraction of sp³-hybridized carbons (Fsp3) is 0.158. The van der Waals surface area contributed by atoms with Gasteiger partial charge < -0.3 is 4.57 Å². The third-order valence-electron chi connectivity index (χ3n) is 4.04. The second kappa shape index (κ2) is 7.07. The fourth-order valence-electron chi connectivity index (χ4n) is 2.84. The van der Waals surface area contributed by atoms with Crippen LogP contribution in [0.2, 0.25) is 0 Å². The molecule has 0 saturated heterocycles. The Hall–Kier alpha value is -3.66. The summed E-state index contributed by atoms with van der Waals surface area (Å²) in [4.78, 5) is 12.3. The van der Waals surface area contributed by atoms with Crippen molar-refractivity contribution < 1.29 is 4.79 Å². The lowest BCUT2D eigenvalue weighted by molar-refractivity contribution is -0.113. The topological polar surface area (TPSA) is 88.5 Å². The lowest BCUT2D eigenvalue weighted by Gasteiger charge is -2.10. The van der Waals surface area contributed by atoms with Crippen molar-refractivity contribution in [2.24, 2.45) is 0 Å². The Kier molecular flexibility index (Phi) is 4.67. The van der Waals surface area contributed by atoms with E-state index in [-0.39, 0.29) is 5.57 Å². The van der Waals surface area contributed by atoms with Gasteiger partial charge in [-0.25, -0.2) is 4.68 Å². The molecule has 0 radical (unpaired) electrons. The van der Waals surface area contributed by atoms with Crippen molar-refractivity contribution in [3.63, 3.8) is 0 Å². The first kappa shape index (κ1) is 17.2. The largest absolute Gasteiger partial charge is 0.318 e. The van der Waals surface area contributed by atoms with E-state index in [1.807, 2.05) is 51.1 Å². The van der Waals surface area contributed by atoms with E-state index in [1.165, 1.54) is 17.3 Å². The van der Waals surface area contributed by atoms with Gasteiger partial charge in [0.1, 0.15) is 24.3 Å². The maximum Gasteiger partial charge on any atom is 0.280 e. The molecule has 0 aliphatic carbocycles. The highest BCUT2D eigenvalue weighted by atomic mass is 16.2. The van der Waals surface area contributed by atoms with Gasteiger partial charge in [0.05, 0.1) is 0 Å². The Morgan fingerprint density at radius 1 is 1.19 bits per heavy atom. The van der Waals surface area contributed by atoms with Crippen LogP contribution < -0.4 is 5.43 Å². The third kappa shape index (κ3) is 3.39. The van der Waals surface area contributed by atoms with Crippen molar-refractivity contribution >= 4 is 12.0 Å². The quantitative estimate of drug-likeness (QED) is 0.581. The van der Waals surface area contributed by atoms with Gasteiger partial charge in [-0.2, -0.15) is 5.26 Å². The molecule has 0 aliphatic heterocycles. The van der Waals surface area contributed by atoms with Crippen molar-refractivity contribution in [2.45, 2.75) is 20.8 Å². The van der Waals surface area contributed by atoms with E-state index in [0.717, 1.165) is 28.2 Å². The minimum atomic E-state index is -0.521. The zero-order valence-corrected chi connectivity index (χ0v) is 14.8. The van der Waals surface area contributed by atoms with E-state index in [4.69, 9.17) is 0 Å². The average molecular weight is 346 g/mol. The van der Waals surface area contributed by atoms with Crippen LogP contribution >= 0.6 is 0 Å². The second-order valence-corrected chi connectivity index (χ2v) is 5.98. The van der Waals surface area contributed by atoms with E-state index < -0.39 is 5.91 Å². The van der Waals surface area contributed by atoms with Crippen LogP contribution in [0.15, 0.2) is 48.6 Å². The highest BCUT2D eigenvalue weighted by molar-refractivity contribution is 6.06. The summed E-state index contributed by atoms with van der Waals surface area (Å²) in [6, 6.07) is 12.1. The molecule has 26 heavy (non-hydrogen) atoms. The van der Waals surface area contributed by atoms with Crippen LogP contribution in [-0.2, 0) is 4.79 Å². The van der Waals surface area contributed by atoms with Gasteiger partial charge >= 0.3 is 0 Å². The normalized spacial score (nSPS) is 11.2. The zero-order chi connectivity index (χ0) is 18.7. The van der Waals surface area contributed by atoms with Gasteiger partial charge in [-0.05, 0) is 56.2 Å². The Morgan fingerprint density at radius 3 is 2.58 bits per heavy atom. The first-order valence-electron chi connectivity index (χ1n) is 8.03. The van der Waals surface area contributed by atoms with Crippen LogP contribution in [0.25, 0.3) is 11.8 Å². The first-order valence-corrected chi connectivity index (χ1v) is 8.03. The summed E-state index contributed by atoms with van der Waals surface area (Å²) in [6.45, 7) is 6.01. The van der Waals surface area contributed by atoms with E-state index >= 15 is 0 Å². The highest BCUT2D eigenvalue weighted by Crippen LogP contribution is 2.23. The smallest absolute Gasteiger partial charge is 0.280 e. The molecule has 7 heteroatoms. The van der Waals surface area contributed by atoms with Gasteiger partial charge in [-0.3, -0.25) is 10.2 Å². The molecule has 2 aromatic heterocycles. The van der Waals surface area contributed by atoms with Crippen LogP contribution in [0.4, 0.5) is 0 Å². The Labute approximate surface area is 151 Å². The molecule has 0 bridgehead atoms. The molecule has 0 aliphatic rings. The van der Waals surface area contributed by atoms with Gasteiger partial charge in [0.15, 0.2) is 0 Å². The number of carbonyl (C=O) groups excluding carboxylic acids is 1. The molecular formula is C19H18N6O. The number of nitrogens with one attached hydrogen (secondary N) is 1. The number of hydrogen-bond donors (Lipinski definition) is 1. The minimum absolute atomic E-state index is 0.00296. The molecule has 2 heterocycles. The van der Waals surface area contributed by atoms with Gasteiger partial charge in [0.2, 0.25) is 0 Å². The number of aromatic nitrogens is 4. The monoisotopic (exact) mass is 346 g/mol.